The normalized spacial score (nSPS) is 18.8. The molecule has 3 aromatic rings. The zero-order chi connectivity index (χ0) is 20.4. The molecule has 0 bridgehead atoms. The molecule has 1 fully saturated rings. The maximum atomic E-state index is 13.9. The number of nitrogens with zero attached hydrogens (tertiary/aromatic N) is 1. The molecule has 0 spiro atoms. The Bertz CT molecular complexity index is 1050. The molecule has 2 aromatic carbocycles. The van der Waals surface area contributed by atoms with Crippen LogP contribution in [0.1, 0.15) is 12.0 Å². The van der Waals surface area contributed by atoms with Crippen LogP contribution in [0.15, 0.2) is 54.7 Å². The number of likely N-dealkylation sites (tertiary alicyclic amines) is 1. The van der Waals surface area contributed by atoms with E-state index in [0.29, 0.717) is 0 Å². The summed E-state index contributed by atoms with van der Waals surface area (Å²) in [5.74, 6) is -1.08. The number of carbonyl (C=O) groups excluding carboxylic acids is 2. The minimum atomic E-state index is -0.755. The van der Waals surface area contributed by atoms with E-state index < -0.39 is 23.9 Å². The molecule has 0 aliphatic carbocycles. The molecule has 1 saturated heterocycles. The lowest BCUT2D eigenvalue weighted by atomic mass is 10.1. The van der Waals surface area contributed by atoms with Crippen LogP contribution in [0.3, 0.4) is 0 Å². The summed E-state index contributed by atoms with van der Waals surface area (Å²) in [5, 5.41) is 0.967. The number of H-pyrrole nitrogens is 1. The monoisotopic (exact) mass is 396 g/mol. The van der Waals surface area contributed by atoms with Gasteiger partial charge in [0.1, 0.15) is 12.1 Å². The molecule has 0 radical (unpaired) electrons. The van der Waals surface area contributed by atoms with E-state index in [1.54, 1.807) is 18.3 Å². The van der Waals surface area contributed by atoms with Gasteiger partial charge in [-0.15, -0.1) is 0 Å². The maximum absolute atomic E-state index is 13.9. The number of ether oxygens (including phenoxy) is 2. The van der Waals surface area contributed by atoms with Gasteiger partial charge in [-0.1, -0.05) is 30.3 Å². The number of para-hydroxylation sites is 2. The molecule has 6 nitrogen and oxygen atoms in total. The second-order valence-corrected chi connectivity index (χ2v) is 7.03. The Morgan fingerprint density at radius 2 is 1.93 bits per heavy atom. The first-order valence-corrected chi connectivity index (χ1v) is 9.40. The number of amides is 1. The Labute approximate surface area is 167 Å². The van der Waals surface area contributed by atoms with Crippen molar-refractivity contribution in [1.29, 1.82) is 0 Å². The Kier molecular flexibility index (Phi) is 5.20. The number of fused-ring (bicyclic) bond motifs is 1. The molecule has 0 saturated carbocycles. The van der Waals surface area contributed by atoms with Crippen LogP contribution in [0.2, 0.25) is 0 Å². The van der Waals surface area contributed by atoms with Crippen molar-refractivity contribution in [2.45, 2.75) is 25.0 Å². The summed E-state index contributed by atoms with van der Waals surface area (Å²) in [7, 11) is 1.29. The van der Waals surface area contributed by atoms with Gasteiger partial charge in [-0.2, -0.15) is 0 Å². The average Bonchev–Trinajstić information content (AvgIpc) is 3.34. The molecule has 1 aliphatic rings. The van der Waals surface area contributed by atoms with Crippen molar-refractivity contribution in [2.24, 2.45) is 0 Å². The minimum Gasteiger partial charge on any atom is -0.485 e. The number of hydrogen-bond acceptors (Lipinski definition) is 4. The highest BCUT2D eigenvalue weighted by Gasteiger charge is 2.41. The van der Waals surface area contributed by atoms with Gasteiger partial charge >= 0.3 is 5.97 Å². The van der Waals surface area contributed by atoms with Crippen LogP contribution in [0.4, 0.5) is 4.39 Å². The first kappa shape index (κ1) is 19.0. The largest absolute Gasteiger partial charge is 0.485 e. The molecule has 1 aliphatic heterocycles. The van der Waals surface area contributed by atoms with Gasteiger partial charge in [-0.25, -0.2) is 9.18 Å². The molecular weight excluding hydrogens is 375 g/mol. The lowest BCUT2D eigenvalue weighted by molar-refractivity contribution is -0.150. The average molecular weight is 396 g/mol. The third-order valence-corrected chi connectivity index (χ3v) is 5.20. The molecule has 0 unspecified atom stereocenters. The molecule has 2 heterocycles. The molecule has 7 heteroatoms. The first-order valence-electron chi connectivity index (χ1n) is 9.40. The number of hydrogen-bond donors (Lipinski definition) is 1. The second-order valence-electron chi connectivity index (χ2n) is 7.03. The molecule has 1 N–H and O–H groups in total. The summed E-state index contributed by atoms with van der Waals surface area (Å²) < 4.78 is 24.5. The number of methoxy groups -OCH3 is 1. The lowest BCUT2D eigenvalue weighted by Gasteiger charge is -2.22. The third-order valence-electron chi connectivity index (χ3n) is 5.20. The van der Waals surface area contributed by atoms with Gasteiger partial charge in [0.15, 0.2) is 11.6 Å². The second kappa shape index (κ2) is 7.95. The van der Waals surface area contributed by atoms with E-state index in [9.17, 15) is 14.0 Å². The van der Waals surface area contributed by atoms with Crippen molar-refractivity contribution >= 4 is 22.8 Å². The van der Waals surface area contributed by atoms with Crippen LogP contribution in [-0.4, -0.2) is 47.6 Å². The standard InChI is InChI=1S/C22H21FN2O4/c1-28-22(27)19-11-15(29-20-9-5-3-7-17(20)23)13-25(19)21(26)10-14-12-24-18-8-4-2-6-16(14)18/h2-9,12,15,19,24H,10-11,13H2,1H3/t15-,19-/m1/s1. The fourth-order valence-electron chi connectivity index (χ4n) is 3.78. The van der Waals surface area contributed by atoms with Crippen LogP contribution in [0.5, 0.6) is 5.75 Å². The highest BCUT2D eigenvalue weighted by atomic mass is 19.1. The van der Waals surface area contributed by atoms with Crippen molar-refractivity contribution < 1.29 is 23.5 Å². The molecule has 1 aromatic heterocycles. The van der Waals surface area contributed by atoms with Gasteiger partial charge in [-0.3, -0.25) is 4.79 Å². The van der Waals surface area contributed by atoms with Crippen LogP contribution in [-0.2, 0) is 20.7 Å². The van der Waals surface area contributed by atoms with Crippen molar-refractivity contribution in [3.8, 4) is 5.75 Å². The smallest absolute Gasteiger partial charge is 0.328 e. The quantitative estimate of drug-likeness (QED) is 0.673. The number of esters is 1. The van der Waals surface area contributed by atoms with Crippen LogP contribution in [0.25, 0.3) is 10.9 Å². The van der Waals surface area contributed by atoms with E-state index >= 15 is 0 Å². The van der Waals surface area contributed by atoms with Gasteiger partial charge < -0.3 is 19.4 Å². The van der Waals surface area contributed by atoms with Gasteiger partial charge in [-0.05, 0) is 23.8 Å². The Balaban J connectivity index is 1.52. The van der Waals surface area contributed by atoms with E-state index in [4.69, 9.17) is 9.47 Å². The number of halogens is 1. The summed E-state index contributed by atoms with van der Waals surface area (Å²) in [6, 6.07) is 13.0. The summed E-state index contributed by atoms with van der Waals surface area (Å²) >= 11 is 0. The highest BCUT2D eigenvalue weighted by molar-refractivity contribution is 5.91. The van der Waals surface area contributed by atoms with E-state index in [-0.39, 0.29) is 31.0 Å². The Morgan fingerprint density at radius 1 is 1.17 bits per heavy atom. The van der Waals surface area contributed by atoms with Crippen molar-refractivity contribution in [2.75, 3.05) is 13.7 Å². The number of benzene rings is 2. The minimum absolute atomic E-state index is 0.104. The molecule has 150 valence electrons. The van der Waals surface area contributed by atoms with Gasteiger partial charge in [0.2, 0.25) is 5.91 Å². The van der Waals surface area contributed by atoms with Crippen LogP contribution < -0.4 is 4.74 Å². The molecule has 4 rings (SSSR count). The predicted octanol–water partition coefficient (Wildman–Crippen LogP) is 3.07. The number of nitrogens with one attached hydrogen (secondary N) is 1. The van der Waals surface area contributed by atoms with Gasteiger partial charge in [0, 0.05) is 23.5 Å². The number of aromatic nitrogens is 1. The maximum Gasteiger partial charge on any atom is 0.328 e. The summed E-state index contributed by atoms with van der Waals surface area (Å²) in [6.07, 6.45) is 1.70. The fourth-order valence-corrected chi connectivity index (χ4v) is 3.78. The van der Waals surface area contributed by atoms with Crippen molar-refractivity contribution in [3.05, 3.63) is 66.1 Å². The Hall–Kier alpha value is -3.35. The van der Waals surface area contributed by atoms with Crippen LogP contribution in [0, 0.1) is 5.82 Å². The van der Waals surface area contributed by atoms with E-state index in [0.717, 1.165) is 16.5 Å². The number of carbonyl (C=O) groups is 2. The predicted molar refractivity (Wildman–Crippen MR) is 105 cm³/mol. The third kappa shape index (κ3) is 3.81. The van der Waals surface area contributed by atoms with Crippen molar-refractivity contribution in [1.82, 2.24) is 9.88 Å². The zero-order valence-corrected chi connectivity index (χ0v) is 15.9. The van der Waals surface area contributed by atoms with E-state index in [2.05, 4.69) is 4.98 Å². The van der Waals surface area contributed by atoms with E-state index in [1.165, 1.54) is 24.1 Å². The Morgan fingerprint density at radius 3 is 2.72 bits per heavy atom. The first-order chi connectivity index (χ1) is 14.1. The van der Waals surface area contributed by atoms with Gasteiger partial charge in [0.05, 0.1) is 20.1 Å². The fraction of sp³-hybridized carbons (Fsp3) is 0.273. The molecule has 1 amide bonds. The van der Waals surface area contributed by atoms with Gasteiger partial charge in [0.25, 0.3) is 0 Å². The highest BCUT2D eigenvalue weighted by Crippen LogP contribution is 2.27. The molecular formula is C22H21FN2O4. The summed E-state index contributed by atoms with van der Waals surface area (Å²) in [4.78, 5) is 29.9. The SMILES string of the molecule is COC(=O)[C@H]1C[C@@H](Oc2ccccc2F)CN1C(=O)Cc1c[nH]c2ccccc12. The zero-order valence-electron chi connectivity index (χ0n) is 15.9. The number of aromatic amines is 1. The summed E-state index contributed by atoms with van der Waals surface area (Å²) in [6.45, 7) is 0.190. The topological polar surface area (TPSA) is 71.6 Å². The van der Waals surface area contributed by atoms with E-state index in [1.807, 2.05) is 24.3 Å². The van der Waals surface area contributed by atoms with Crippen LogP contribution >= 0.6 is 0 Å². The summed E-state index contributed by atoms with van der Waals surface area (Å²) in [5.41, 5.74) is 1.80. The molecule has 2 atom stereocenters. The molecule has 29 heavy (non-hydrogen) atoms. The lowest BCUT2D eigenvalue weighted by Crippen LogP contribution is -2.42. The number of rotatable bonds is 5. The van der Waals surface area contributed by atoms with Crippen molar-refractivity contribution in [3.63, 3.8) is 0 Å².